The molecule has 0 radical (unpaired) electrons. The molecule has 0 aliphatic rings. The molecule has 2 rings (SSSR count). The van der Waals surface area contributed by atoms with Crippen LogP contribution < -0.4 is 5.32 Å². The molecule has 0 heterocycles. The highest BCUT2D eigenvalue weighted by Crippen LogP contribution is 2.24. The summed E-state index contributed by atoms with van der Waals surface area (Å²) in [6.45, 7) is 3.91. The van der Waals surface area contributed by atoms with Crippen molar-refractivity contribution in [2.24, 2.45) is 0 Å². The molecule has 20 heavy (non-hydrogen) atoms. The van der Waals surface area contributed by atoms with Gasteiger partial charge in [0.15, 0.2) is 0 Å². The summed E-state index contributed by atoms with van der Waals surface area (Å²) < 4.78 is 13.4. The van der Waals surface area contributed by atoms with Crippen LogP contribution in [0.2, 0.25) is 0 Å². The highest BCUT2D eigenvalue weighted by Gasteiger charge is 2.12. The first-order valence-electron chi connectivity index (χ1n) is 6.24. The zero-order valence-electron chi connectivity index (χ0n) is 11.3. The molecule has 0 amide bonds. The predicted octanol–water partition coefficient (Wildman–Crippen LogP) is 4.22. The summed E-state index contributed by atoms with van der Waals surface area (Å²) >= 11 is 0. The quantitative estimate of drug-likeness (QED) is 0.671. The highest BCUT2D eigenvalue weighted by molar-refractivity contribution is 5.52. The van der Waals surface area contributed by atoms with Crippen LogP contribution in [0.3, 0.4) is 0 Å². The van der Waals surface area contributed by atoms with Crippen LogP contribution in [0.5, 0.6) is 0 Å². The molecule has 1 atom stereocenters. The van der Waals surface area contributed by atoms with E-state index in [-0.39, 0.29) is 11.7 Å². The van der Waals surface area contributed by atoms with E-state index in [1.54, 1.807) is 0 Å². The molecule has 2 aromatic carbocycles. The number of nitro benzene ring substituents is 1. The largest absolute Gasteiger partial charge is 0.378 e. The molecule has 104 valence electrons. The lowest BCUT2D eigenvalue weighted by molar-refractivity contribution is -0.385. The van der Waals surface area contributed by atoms with Gasteiger partial charge in [0.2, 0.25) is 0 Å². The van der Waals surface area contributed by atoms with E-state index >= 15 is 0 Å². The Morgan fingerprint density at radius 1 is 1.25 bits per heavy atom. The third-order valence-electron chi connectivity index (χ3n) is 3.02. The molecule has 1 unspecified atom stereocenters. The van der Waals surface area contributed by atoms with Crippen LogP contribution in [0.25, 0.3) is 0 Å². The number of hydrogen-bond acceptors (Lipinski definition) is 3. The number of nitrogens with zero attached hydrogens (tertiary/aromatic N) is 1. The van der Waals surface area contributed by atoms with Gasteiger partial charge >= 0.3 is 0 Å². The predicted molar refractivity (Wildman–Crippen MR) is 76.3 cm³/mol. The van der Waals surface area contributed by atoms with Crippen LogP contribution in [-0.4, -0.2) is 4.92 Å². The van der Waals surface area contributed by atoms with E-state index in [9.17, 15) is 14.5 Å². The summed E-state index contributed by atoms with van der Waals surface area (Å²) in [5, 5.41) is 13.8. The monoisotopic (exact) mass is 274 g/mol. The van der Waals surface area contributed by atoms with Crippen LogP contribution in [0.15, 0.2) is 42.5 Å². The summed E-state index contributed by atoms with van der Waals surface area (Å²) in [7, 11) is 0. The van der Waals surface area contributed by atoms with E-state index in [0.29, 0.717) is 5.69 Å². The first-order valence-corrected chi connectivity index (χ1v) is 6.24. The summed E-state index contributed by atoms with van der Waals surface area (Å²) in [4.78, 5) is 10.1. The fraction of sp³-hybridized carbons (Fsp3) is 0.200. The standard InChI is InChI=1S/C15H15FN2O2/c1-10-4-3-5-12(6-10)11(2)17-14-7-13(16)8-15(9-14)18(19)20/h3-9,11,17H,1-2H3. The molecule has 4 nitrogen and oxygen atoms in total. The number of hydrogen-bond donors (Lipinski definition) is 1. The number of benzene rings is 2. The van der Waals surface area contributed by atoms with Crippen molar-refractivity contribution < 1.29 is 9.31 Å². The minimum Gasteiger partial charge on any atom is -0.378 e. The van der Waals surface area contributed by atoms with Crippen LogP contribution in [0, 0.1) is 22.9 Å². The number of nitro groups is 1. The third kappa shape index (κ3) is 3.32. The molecule has 0 spiro atoms. The van der Waals surface area contributed by atoms with E-state index in [1.165, 1.54) is 12.1 Å². The van der Waals surface area contributed by atoms with E-state index < -0.39 is 10.7 Å². The second kappa shape index (κ2) is 5.69. The molecule has 0 fully saturated rings. The number of aryl methyl sites for hydroxylation is 1. The summed E-state index contributed by atoms with van der Waals surface area (Å²) in [5.74, 6) is -0.627. The Balaban J connectivity index is 2.23. The first kappa shape index (κ1) is 14.0. The van der Waals surface area contributed by atoms with Crippen molar-refractivity contribution in [1.82, 2.24) is 0 Å². The maximum atomic E-state index is 13.4. The van der Waals surface area contributed by atoms with Gasteiger partial charge in [0, 0.05) is 17.8 Å². The van der Waals surface area contributed by atoms with E-state index in [4.69, 9.17) is 0 Å². The van der Waals surface area contributed by atoms with Gasteiger partial charge < -0.3 is 5.32 Å². The lowest BCUT2D eigenvalue weighted by atomic mass is 10.1. The van der Waals surface area contributed by atoms with Crippen molar-refractivity contribution in [3.63, 3.8) is 0 Å². The highest BCUT2D eigenvalue weighted by atomic mass is 19.1. The van der Waals surface area contributed by atoms with E-state index in [2.05, 4.69) is 5.32 Å². The molecule has 2 aromatic rings. The van der Waals surface area contributed by atoms with E-state index in [0.717, 1.165) is 17.2 Å². The fourth-order valence-electron chi connectivity index (χ4n) is 2.04. The van der Waals surface area contributed by atoms with Gasteiger partial charge in [-0.25, -0.2) is 4.39 Å². The van der Waals surface area contributed by atoms with Crippen molar-refractivity contribution in [3.8, 4) is 0 Å². The average Bonchev–Trinajstić information content (AvgIpc) is 2.37. The first-order chi connectivity index (χ1) is 9.45. The smallest absolute Gasteiger partial charge is 0.274 e. The number of rotatable bonds is 4. The Morgan fingerprint density at radius 2 is 2.00 bits per heavy atom. The molecule has 0 aliphatic carbocycles. The molecule has 0 bridgehead atoms. The molecule has 5 heteroatoms. The Kier molecular flexibility index (Phi) is 3.98. The minimum absolute atomic E-state index is 0.0729. The van der Waals surface area contributed by atoms with Gasteiger partial charge in [0.05, 0.1) is 11.0 Å². The zero-order valence-corrected chi connectivity index (χ0v) is 11.3. The molecule has 1 N–H and O–H groups in total. The normalized spacial score (nSPS) is 11.9. The van der Waals surface area contributed by atoms with Crippen LogP contribution in [0.4, 0.5) is 15.8 Å². The van der Waals surface area contributed by atoms with Crippen molar-refractivity contribution >= 4 is 11.4 Å². The summed E-state index contributed by atoms with van der Waals surface area (Å²) in [5.41, 5.74) is 2.30. The number of halogens is 1. The SMILES string of the molecule is Cc1cccc(C(C)Nc2cc(F)cc([N+](=O)[O-])c2)c1. The lowest BCUT2D eigenvalue weighted by Gasteiger charge is -2.16. The maximum absolute atomic E-state index is 13.4. The molecule has 0 saturated heterocycles. The molecule has 0 aliphatic heterocycles. The lowest BCUT2D eigenvalue weighted by Crippen LogP contribution is -2.07. The Labute approximate surface area is 116 Å². The average molecular weight is 274 g/mol. The number of nitrogens with one attached hydrogen (secondary N) is 1. The maximum Gasteiger partial charge on any atom is 0.274 e. The van der Waals surface area contributed by atoms with Gasteiger partial charge in [-0.05, 0) is 25.5 Å². The Morgan fingerprint density at radius 3 is 2.65 bits per heavy atom. The zero-order chi connectivity index (χ0) is 14.7. The van der Waals surface area contributed by atoms with Crippen molar-refractivity contribution in [1.29, 1.82) is 0 Å². The van der Waals surface area contributed by atoms with Gasteiger partial charge in [-0.3, -0.25) is 10.1 Å². The van der Waals surface area contributed by atoms with Crippen LogP contribution in [-0.2, 0) is 0 Å². The van der Waals surface area contributed by atoms with Crippen LogP contribution >= 0.6 is 0 Å². The Bertz CT molecular complexity index is 644. The van der Waals surface area contributed by atoms with Gasteiger partial charge in [-0.2, -0.15) is 0 Å². The topological polar surface area (TPSA) is 55.2 Å². The van der Waals surface area contributed by atoms with Gasteiger partial charge in [0.25, 0.3) is 5.69 Å². The second-order valence-corrected chi connectivity index (χ2v) is 4.74. The van der Waals surface area contributed by atoms with Crippen molar-refractivity contribution in [3.05, 3.63) is 69.5 Å². The van der Waals surface area contributed by atoms with Gasteiger partial charge in [-0.15, -0.1) is 0 Å². The van der Waals surface area contributed by atoms with E-state index in [1.807, 2.05) is 38.1 Å². The Hall–Kier alpha value is -2.43. The summed E-state index contributed by atoms with van der Waals surface area (Å²) in [6.07, 6.45) is 0. The second-order valence-electron chi connectivity index (χ2n) is 4.74. The third-order valence-corrected chi connectivity index (χ3v) is 3.02. The molecule has 0 saturated carbocycles. The molecular formula is C15H15FN2O2. The van der Waals surface area contributed by atoms with Crippen LogP contribution in [0.1, 0.15) is 24.1 Å². The fourth-order valence-corrected chi connectivity index (χ4v) is 2.04. The van der Waals surface area contributed by atoms with Gasteiger partial charge in [0.1, 0.15) is 5.82 Å². The number of anilines is 1. The molecule has 0 aromatic heterocycles. The van der Waals surface area contributed by atoms with Gasteiger partial charge in [-0.1, -0.05) is 29.8 Å². The molecular weight excluding hydrogens is 259 g/mol. The number of non-ortho nitro benzene ring substituents is 1. The van der Waals surface area contributed by atoms with Crippen molar-refractivity contribution in [2.45, 2.75) is 19.9 Å². The van der Waals surface area contributed by atoms with Crippen molar-refractivity contribution in [2.75, 3.05) is 5.32 Å². The minimum atomic E-state index is -0.627. The summed E-state index contributed by atoms with van der Waals surface area (Å²) in [6, 6.07) is 11.3.